The highest BCUT2D eigenvalue weighted by Crippen LogP contribution is 2.33. The predicted molar refractivity (Wildman–Crippen MR) is 180 cm³/mol. The maximum Gasteiger partial charge on any atom is 0.251 e. The summed E-state index contributed by atoms with van der Waals surface area (Å²) >= 11 is 3.28. The lowest BCUT2D eigenvalue weighted by Crippen LogP contribution is -2.51. The van der Waals surface area contributed by atoms with Gasteiger partial charge in [-0.25, -0.2) is 0 Å². The third-order valence-electron chi connectivity index (χ3n) is 6.14. The summed E-state index contributed by atoms with van der Waals surface area (Å²) in [6.07, 6.45) is 0. The van der Waals surface area contributed by atoms with Gasteiger partial charge >= 0.3 is 0 Å². The molecule has 3 N–H and O–H groups in total. The number of nitrogens with one attached hydrogen (secondary N) is 2. The Morgan fingerprint density at radius 2 is 1.21 bits per heavy atom. The molecule has 0 radical (unpaired) electrons. The lowest BCUT2D eigenvalue weighted by molar-refractivity contribution is -0.123. The van der Waals surface area contributed by atoms with Gasteiger partial charge < -0.3 is 25.2 Å². The number of ketones is 1. The summed E-state index contributed by atoms with van der Waals surface area (Å²) in [6.45, 7) is 24.5. The molecule has 43 heavy (non-hydrogen) atoms. The maximum absolute atomic E-state index is 13.6. The van der Waals surface area contributed by atoms with Gasteiger partial charge in [-0.1, -0.05) is 12.1 Å². The van der Waals surface area contributed by atoms with Crippen molar-refractivity contribution >= 4 is 41.1 Å². The van der Waals surface area contributed by atoms with Crippen LogP contribution in [0.15, 0.2) is 24.3 Å². The lowest BCUT2D eigenvalue weighted by atomic mass is 9.99. The minimum atomic E-state index is -0.592. The van der Waals surface area contributed by atoms with Crippen molar-refractivity contribution in [3.8, 4) is 0 Å². The molecule has 1 atom stereocenters. The van der Waals surface area contributed by atoms with E-state index in [2.05, 4.69) is 24.5 Å². The Hall–Kier alpha value is -1.59. The van der Waals surface area contributed by atoms with Crippen molar-refractivity contribution in [3.63, 3.8) is 0 Å². The van der Waals surface area contributed by atoms with E-state index in [9.17, 15) is 19.5 Å². The number of thioether (sulfide) groups is 2. The van der Waals surface area contributed by atoms with Crippen molar-refractivity contribution in [2.75, 3.05) is 37.9 Å². The number of rotatable bonds is 17. The molecule has 0 aliphatic carbocycles. The molecule has 0 aromatic heterocycles. The zero-order valence-corrected chi connectivity index (χ0v) is 30.1. The molecule has 0 aliphatic rings. The zero-order valence-electron chi connectivity index (χ0n) is 28.4. The molecule has 0 heterocycles. The minimum absolute atomic E-state index is 0.00711. The first-order chi connectivity index (χ1) is 19.4. The number of amides is 2. The molecule has 0 spiro atoms. The first-order valence-corrected chi connectivity index (χ1v) is 16.8. The average molecular weight is 641 g/mol. The largest absolute Gasteiger partial charge is 0.395 e. The quantitative estimate of drug-likeness (QED) is 0.184. The fraction of sp³-hybridized carbons (Fsp3) is 0.727. The molecule has 0 bridgehead atoms. The summed E-state index contributed by atoms with van der Waals surface area (Å²) in [5, 5.41) is 15.3. The summed E-state index contributed by atoms with van der Waals surface area (Å²) < 4.78 is 11.2. The van der Waals surface area contributed by atoms with Crippen molar-refractivity contribution in [1.82, 2.24) is 10.6 Å². The van der Waals surface area contributed by atoms with E-state index >= 15 is 0 Å². The van der Waals surface area contributed by atoms with Crippen molar-refractivity contribution in [2.45, 2.75) is 109 Å². The Morgan fingerprint density at radius 3 is 1.70 bits per heavy atom. The molecular formula is C33H56N2O6S2. The summed E-state index contributed by atoms with van der Waals surface area (Å²) in [6, 6.07) is 6.55. The summed E-state index contributed by atoms with van der Waals surface area (Å²) in [4.78, 5) is 38.8. The molecule has 246 valence electrons. The Labute approximate surface area is 268 Å². The molecule has 0 saturated carbocycles. The van der Waals surface area contributed by atoms with Crippen LogP contribution >= 0.6 is 23.5 Å². The molecule has 1 rings (SSSR count). The Kier molecular flexibility index (Phi) is 14.8. The number of benzene rings is 1. The normalized spacial score (nSPS) is 13.9. The van der Waals surface area contributed by atoms with Gasteiger partial charge in [0.15, 0.2) is 5.78 Å². The van der Waals surface area contributed by atoms with Crippen LogP contribution in [0.25, 0.3) is 0 Å². The molecule has 1 aromatic carbocycles. The standard InChI is InChI=1S/C33H56N2O6S2/c1-29(2,3)40-21-31(7,8)35-26(37)17-34-28(39)24-15-13-23(14-16-24)27(38)25(18-42-32(9,10)20-36)19-43-33(11,12)22-41-30(4,5)6/h13-16,25,36H,17-22H2,1-12H3,(H,34,39)(H,35,37). The van der Waals surface area contributed by atoms with Crippen LogP contribution in [0, 0.1) is 5.92 Å². The Morgan fingerprint density at radius 1 is 0.744 bits per heavy atom. The van der Waals surface area contributed by atoms with Crippen molar-refractivity contribution in [2.24, 2.45) is 5.92 Å². The number of Topliss-reactive ketones (excluding diaryl/α,β-unsaturated/α-hetero) is 1. The van der Waals surface area contributed by atoms with Gasteiger partial charge in [0.2, 0.25) is 5.91 Å². The van der Waals surface area contributed by atoms with E-state index in [1.807, 2.05) is 69.2 Å². The number of carbonyl (C=O) groups is 3. The fourth-order valence-corrected chi connectivity index (χ4v) is 5.69. The number of aliphatic hydroxyl groups excluding tert-OH is 1. The third kappa shape index (κ3) is 16.9. The average Bonchev–Trinajstić information content (AvgIpc) is 2.88. The second-order valence-electron chi connectivity index (χ2n) is 14.9. The monoisotopic (exact) mass is 640 g/mol. The van der Waals surface area contributed by atoms with Gasteiger partial charge in [-0.2, -0.15) is 23.5 Å². The van der Waals surface area contributed by atoms with Crippen LogP contribution in [0.5, 0.6) is 0 Å². The third-order valence-corrected chi connectivity index (χ3v) is 9.09. The van der Waals surface area contributed by atoms with E-state index in [1.165, 1.54) is 0 Å². The van der Waals surface area contributed by atoms with Crippen molar-refractivity contribution in [3.05, 3.63) is 35.4 Å². The van der Waals surface area contributed by atoms with Gasteiger partial charge in [-0.05, 0) is 95.2 Å². The fourth-order valence-electron chi connectivity index (χ4n) is 3.47. The first kappa shape index (κ1) is 39.4. The van der Waals surface area contributed by atoms with Crippen LogP contribution < -0.4 is 10.6 Å². The second-order valence-corrected chi connectivity index (χ2v) is 18.3. The molecule has 0 saturated heterocycles. The molecule has 10 heteroatoms. The highest BCUT2D eigenvalue weighted by molar-refractivity contribution is 8.01. The highest BCUT2D eigenvalue weighted by Gasteiger charge is 2.30. The van der Waals surface area contributed by atoms with Crippen LogP contribution in [0.2, 0.25) is 0 Å². The van der Waals surface area contributed by atoms with E-state index in [0.717, 1.165) is 0 Å². The molecular weight excluding hydrogens is 585 g/mol. The van der Waals surface area contributed by atoms with Gasteiger partial charge in [0.1, 0.15) is 0 Å². The number of aliphatic hydroxyl groups is 1. The minimum Gasteiger partial charge on any atom is -0.395 e. The lowest BCUT2D eigenvalue weighted by Gasteiger charge is -2.31. The molecule has 8 nitrogen and oxygen atoms in total. The molecule has 1 unspecified atom stereocenters. The van der Waals surface area contributed by atoms with E-state index in [4.69, 9.17) is 9.47 Å². The summed E-state index contributed by atoms with van der Waals surface area (Å²) in [7, 11) is 0. The highest BCUT2D eigenvalue weighted by atomic mass is 32.2. The number of hydrogen-bond acceptors (Lipinski definition) is 8. The van der Waals surface area contributed by atoms with Gasteiger partial charge in [0.25, 0.3) is 5.91 Å². The van der Waals surface area contributed by atoms with Crippen molar-refractivity contribution < 1.29 is 29.0 Å². The Bertz CT molecular complexity index is 1060. The van der Waals surface area contributed by atoms with Gasteiger partial charge in [-0.15, -0.1) is 0 Å². The maximum atomic E-state index is 13.6. The molecule has 0 aliphatic heterocycles. The van der Waals surface area contributed by atoms with E-state index in [1.54, 1.807) is 47.8 Å². The second kappa shape index (κ2) is 16.1. The smallest absolute Gasteiger partial charge is 0.251 e. The number of ether oxygens (including phenoxy) is 2. The zero-order chi connectivity index (χ0) is 33.3. The summed E-state index contributed by atoms with van der Waals surface area (Å²) in [5.41, 5.74) is -0.280. The van der Waals surface area contributed by atoms with Crippen LogP contribution in [-0.2, 0) is 14.3 Å². The number of carbonyl (C=O) groups excluding carboxylic acids is 3. The molecule has 0 fully saturated rings. The van der Waals surface area contributed by atoms with E-state index < -0.39 is 11.4 Å². The topological polar surface area (TPSA) is 114 Å². The number of hydrogen-bond donors (Lipinski definition) is 3. The molecule has 1 aromatic rings. The van der Waals surface area contributed by atoms with Crippen LogP contribution in [0.3, 0.4) is 0 Å². The van der Waals surface area contributed by atoms with E-state index in [0.29, 0.717) is 35.8 Å². The Balaban J connectivity index is 2.87. The van der Waals surface area contributed by atoms with Crippen LogP contribution in [0.4, 0.5) is 0 Å². The first-order valence-electron chi connectivity index (χ1n) is 14.8. The molecule has 2 amide bonds. The van der Waals surface area contributed by atoms with Crippen LogP contribution in [-0.4, -0.2) is 86.8 Å². The van der Waals surface area contributed by atoms with Crippen molar-refractivity contribution in [1.29, 1.82) is 0 Å². The van der Waals surface area contributed by atoms with Crippen LogP contribution in [0.1, 0.15) is 104 Å². The van der Waals surface area contributed by atoms with Gasteiger partial charge in [-0.3, -0.25) is 14.4 Å². The van der Waals surface area contributed by atoms with E-state index in [-0.39, 0.29) is 51.5 Å². The predicted octanol–water partition coefficient (Wildman–Crippen LogP) is 5.76. The summed E-state index contributed by atoms with van der Waals surface area (Å²) in [5.74, 6) is 0.149. The van der Waals surface area contributed by atoms with Gasteiger partial charge in [0, 0.05) is 38.0 Å². The SMILES string of the molecule is CC(C)(COC(C)(C)C)NC(=O)CNC(=O)c1ccc(C(=O)C(CSC(C)(C)CO)CSC(C)(C)COC(C)(C)C)cc1. The van der Waals surface area contributed by atoms with Gasteiger partial charge in [0.05, 0.1) is 43.1 Å².